The molecule has 1 N–H and O–H groups in total. The normalized spacial score (nSPS) is 22.6. The molecule has 0 spiro atoms. The first kappa shape index (κ1) is 14.3. The summed E-state index contributed by atoms with van der Waals surface area (Å²) in [5, 5.41) is 3.54. The van der Waals surface area contributed by atoms with Crippen LogP contribution >= 0.6 is 0 Å². The van der Waals surface area contributed by atoms with Gasteiger partial charge in [-0.15, -0.1) is 0 Å². The number of halogens is 1. The molecule has 1 aliphatic carbocycles. The van der Waals surface area contributed by atoms with Crippen LogP contribution in [0.1, 0.15) is 48.4 Å². The van der Waals surface area contributed by atoms with E-state index in [0.29, 0.717) is 12.0 Å². The van der Waals surface area contributed by atoms with Crippen molar-refractivity contribution in [2.24, 2.45) is 0 Å². The van der Waals surface area contributed by atoms with Gasteiger partial charge in [0.05, 0.1) is 0 Å². The minimum absolute atomic E-state index is 0.0650. The Morgan fingerprint density at radius 2 is 1.71 bits per heavy atom. The third-order valence-electron chi connectivity index (χ3n) is 4.54. The number of benzene rings is 2. The van der Waals surface area contributed by atoms with Gasteiger partial charge in [-0.05, 0) is 44.2 Å². The van der Waals surface area contributed by atoms with Crippen LogP contribution in [0.25, 0.3) is 0 Å². The predicted molar refractivity (Wildman–Crippen MR) is 84.9 cm³/mol. The fourth-order valence-corrected chi connectivity index (χ4v) is 3.13. The van der Waals surface area contributed by atoms with Gasteiger partial charge in [0.2, 0.25) is 0 Å². The Balaban J connectivity index is 1.55. The van der Waals surface area contributed by atoms with Crippen LogP contribution in [0.4, 0.5) is 4.39 Å². The highest BCUT2D eigenvalue weighted by Crippen LogP contribution is 2.38. The molecular weight excluding hydrogens is 261 g/mol. The van der Waals surface area contributed by atoms with E-state index in [-0.39, 0.29) is 11.9 Å². The van der Waals surface area contributed by atoms with Crippen LogP contribution in [0, 0.1) is 12.7 Å². The van der Waals surface area contributed by atoms with Crippen molar-refractivity contribution in [1.29, 1.82) is 0 Å². The Kier molecular flexibility index (Phi) is 4.07. The van der Waals surface area contributed by atoms with E-state index < -0.39 is 0 Å². The lowest BCUT2D eigenvalue weighted by Crippen LogP contribution is -2.41. The Bertz CT molecular complexity index is 599. The third-order valence-corrected chi connectivity index (χ3v) is 4.54. The fraction of sp³-hybridized carbons (Fsp3) is 0.368. The molecule has 0 heterocycles. The first-order valence-corrected chi connectivity index (χ1v) is 7.70. The molecule has 1 saturated carbocycles. The predicted octanol–water partition coefficient (Wildman–Crippen LogP) is 4.73. The first-order chi connectivity index (χ1) is 10.1. The highest BCUT2D eigenvalue weighted by Gasteiger charge is 2.31. The van der Waals surface area contributed by atoms with Gasteiger partial charge in [0.15, 0.2) is 0 Å². The average molecular weight is 283 g/mol. The van der Waals surface area contributed by atoms with Gasteiger partial charge in [-0.25, -0.2) is 4.39 Å². The second-order valence-corrected chi connectivity index (χ2v) is 6.19. The molecule has 1 fully saturated rings. The zero-order valence-corrected chi connectivity index (χ0v) is 12.6. The maximum atomic E-state index is 13.8. The molecule has 2 aromatic rings. The molecule has 1 atom stereocenters. The highest BCUT2D eigenvalue weighted by atomic mass is 19.1. The Labute approximate surface area is 126 Å². The molecule has 0 amide bonds. The van der Waals surface area contributed by atoms with Gasteiger partial charge in [0.25, 0.3) is 0 Å². The molecular formula is C19H22FN. The molecule has 0 unspecified atom stereocenters. The van der Waals surface area contributed by atoms with E-state index in [1.807, 2.05) is 19.1 Å². The second-order valence-electron chi connectivity index (χ2n) is 6.19. The zero-order valence-electron chi connectivity index (χ0n) is 12.6. The van der Waals surface area contributed by atoms with Crippen molar-refractivity contribution in [2.75, 3.05) is 0 Å². The molecule has 21 heavy (non-hydrogen) atoms. The number of hydrogen-bond acceptors (Lipinski definition) is 1. The summed E-state index contributed by atoms with van der Waals surface area (Å²) < 4.78 is 13.8. The van der Waals surface area contributed by atoms with Crippen molar-refractivity contribution in [3.05, 3.63) is 71.0 Å². The van der Waals surface area contributed by atoms with Gasteiger partial charge in [0, 0.05) is 17.6 Å². The highest BCUT2D eigenvalue weighted by molar-refractivity contribution is 5.27. The average Bonchev–Trinajstić information content (AvgIpc) is 2.44. The third kappa shape index (κ3) is 3.16. The van der Waals surface area contributed by atoms with E-state index in [9.17, 15) is 4.39 Å². The summed E-state index contributed by atoms with van der Waals surface area (Å²) in [5.41, 5.74) is 3.49. The van der Waals surface area contributed by atoms with Crippen LogP contribution in [0.3, 0.4) is 0 Å². The maximum Gasteiger partial charge on any atom is 0.127 e. The van der Waals surface area contributed by atoms with E-state index in [2.05, 4.69) is 36.5 Å². The number of hydrogen-bond donors (Lipinski definition) is 1. The van der Waals surface area contributed by atoms with Gasteiger partial charge >= 0.3 is 0 Å². The van der Waals surface area contributed by atoms with Gasteiger partial charge < -0.3 is 5.32 Å². The number of aryl methyl sites for hydroxylation is 1. The molecule has 2 aromatic carbocycles. The SMILES string of the molecule is Cc1ccc(C2CC(N[C@H](C)c3ccccc3F)C2)cc1. The lowest BCUT2D eigenvalue weighted by atomic mass is 9.75. The summed E-state index contributed by atoms with van der Waals surface area (Å²) in [6, 6.07) is 16.4. The van der Waals surface area contributed by atoms with Gasteiger partial charge in [-0.3, -0.25) is 0 Å². The van der Waals surface area contributed by atoms with E-state index >= 15 is 0 Å². The quantitative estimate of drug-likeness (QED) is 0.855. The minimum Gasteiger partial charge on any atom is -0.307 e. The van der Waals surface area contributed by atoms with Crippen molar-refractivity contribution in [3.63, 3.8) is 0 Å². The van der Waals surface area contributed by atoms with Crippen LogP contribution in [0.2, 0.25) is 0 Å². The molecule has 0 saturated heterocycles. The van der Waals surface area contributed by atoms with E-state index in [0.717, 1.165) is 18.4 Å². The Morgan fingerprint density at radius 3 is 2.38 bits per heavy atom. The first-order valence-electron chi connectivity index (χ1n) is 7.70. The lowest BCUT2D eigenvalue weighted by molar-refractivity contribution is 0.269. The van der Waals surface area contributed by atoms with Crippen LogP contribution in [0.5, 0.6) is 0 Å². The molecule has 0 bridgehead atoms. The molecule has 110 valence electrons. The summed E-state index contributed by atoms with van der Waals surface area (Å²) >= 11 is 0. The monoisotopic (exact) mass is 283 g/mol. The molecule has 3 rings (SSSR count). The van der Waals surface area contributed by atoms with Crippen molar-refractivity contribution < 1.29 is 4.39 Å². The standard InChI is InChI=1S/C19H22FN/c1-13-7-9-15(10-8-13)16-11-17(12-16)21-14(2)18-5-3-4-6-19(18)20/h3-10,14,16-17,21H,11-12H2,1-2H3/t14-,16?,17?/m1/s1. The molecule has 2 heteroatoms. The minimum atomic E-state index is -0.119. The topological polar surface area (TPSA) is 12.0 Å². The van der Waals surface area contributed by atoms with Crippen LogP contribution < -0.4 is 5.32 Å². The summed E-state index contributed by atoms with van der Waals surface area (Å²) in [5.74, 6) is 0.530. The van der Waals surface area contributed by atoms with Crippen LogP contribution in [-0.4, -0.2) is 6.04 Å². The van der Waals surface area contributed by atoms with Crippen molar-refractivity contribution >= 4 is 0 Å². The molecule has 0 aliphatic heterocycles. The van der Waals surface area contributed by atoms with Gasteiger partial charge in [-0.2, -0.15) is 0 Å². The van der Waals surface area contributed by atoms with Crippen LogP contribution in [-0.2, 0) is 0 Å². The summed E-state index contributed by atoms with van der Waals surface area (Å²) in [4.78, 5) is 0. The fourth-order valence-electron chi connectivity index (χ4n) is 3.13. The summed E-state index contributed by atoms with van der Waals surface area (Å²) in [6.45, 7) is 4.16. The molecule has 1 aliphatic rings. The number of nitrogens with one attached hydrogen (secondary N) is 1. The molecule has 0 aromatic heterocycles. The molecule has 0 radical (unpaired) electrons. The van der Waals surface area contributed by atoms with Gasteiger partial charge in [-0.1, -0.05) is 48.0 Å². The largest absolute Gasteiger partial charge is 0.307 e. The van der Waals surface area contributed by atoms with Crippen molar-refractivity contribution in [1.82, 2.24) is 5.32 Å². The summed E-state index contributed by atoms with van der Waals surface area (Å²) in [7, 11) is 0. The number of rotatable bonds is 4. The lowest BCUT2D eigenvalue weighted by Gasteiger charge is -2.38. The molecule has 1 nitrogen and oxygen atoms in total. The van der Waals surface area contributed by atoms with Gasteiger partial charge in [0.1, 0.15) is 5.82 Å². The Hall–Kier alpha value is -1.67. The maximum absolute atomic E-state index is 13.8. The zero-order chi connectivity index (χ0) is 14.8. The Morgan fingerprint density at radius 1 is 1.05 bits per heavy atom. The van der Waals surface area contributed by atoms with Crippen molar-refractivity contribution in [2.45, 2.75) is 44.7 Å². The van der Waals surface area contributed by atoms with Crippen molar-refractivity contribution in [3.8, 4) is 0 Å². The van der Waals surface area contributed by atoms with E-state index in [4.69, 9.17) is 0 Å². The second kappa shape index (κ2) is 5.98. The summed E-state index contributed by atoms with van der Waals surface area (Å²) in [6.07, 6.45) is 2.28. The van der Waals surface area contributed by atoms with E-state index in [1.165, 1.54) is 17.2 Å². The smallest absolute Gasteiger partial charge is 0.127 e. The van der Waals surface area contributed by atoms with Crippen LogP contribution in [0.15, 0.2) is 48.5 Å². The van der Waals surface area contributed by atoms with E-state index in [1.54, 1.807) is 6.07 Å².